The number of amides is 1. The van der Waals surface area contributed by atoms with E-state index in [0.29, 0.717) is 17.9 Å². The summed E-state index contributed by atoms with van der Waals surface area (Å²) in [5.74, 6) is -0.501. The number of carbonyl (C=O) groups is 2. The van der Waals surface area contributed by atoms with E-state index >= 15 is 0 Å². The second kappa shape index (κ2) is 7.63. The molecule has 0 heterocycles. The highest BCUT2D eigenvalue weighted by atomic mass is 35.5. The molecule has 0 spiro atoms. The predicted octanol–water partition coefficient (Wildman–Crippen LogP) is 2.17. The van der Waals surface area contributed by atoms with Crippen LogP contribution in [0.4, 0.5) is 4.79 Å². The van der Waals surface area contributed by atoms with Crippen LogP contribution in [0.1, 0.15) is 12.0 Å². The molecule has 0 saturated heterocycles. The number of benzene rings is 1. The maximum Gasteiger partial charge on any atom is 0.407 e. The summed E-state index contributed by atoms with van der Waals surface area (Å²) >= 11 is 5.79. The fraction of sp³-hybridized carbons (Fsp3) is 0.385. The Bertz CT molecular complexity index is 433. The Morgan fingerprint density at radius 3 is 2.37 bits per heavy atom. The van der Waals surface area contributed by atoms with Crippen LogP contribution < -0.4 is 5.32 Å². The highest BCUT2D eigenvalue weighted by Gasteiger charge is 2.21. The molecule has 0 unspecified atom stereocenters. The average molecular weight is 286 g/mol. The van der Waals surface area contributed by atoms with Gasteiger partial charge in [0.05, 0.1) is 14.2 Å². The fourth-order valence-electron chi connectivity index (χ4n) is 1.55. The Labute approximate surface area is 116 Å². The second-order valence-corrected chi connectivity index (χ2v) is 4.31. The third kappa shape index (κ3) is 5.18. The van der Waals surface area contributed by atoms with Crippen LogP contribution in [-0.4, -0.2) is 32.3 Å². The molecule has 1 N–H and O–H groups in total. The zero-order chi connectivity index (χ0) is 14.3. The topological polar surface area (TPSA) is 64.6 Å². The van der Waals surface area contributed by atoms with Crippen molar-refractivity contribution in [1.29, 1.82) is 0 Å². The van der Waals surface area contributed by atoms with Crippen molar-refractivity contribution in [3.63, 3.8) is 0 Å². The lowest BCUT2D eigenvalue weighted by Crippen LogP contribution is -2.41. The first-order chi connectivity index (χ1) is 9.06. The van der Waals surface area contributed by atoms with Crippen LogP contribution in [-0.2, 0) is 20.7 Å². The zero-order valence-electron chi connectivity index (χ0n) is 10.8. The van der Waals surface area contributed by atoms with Crippen LogP contribution in [0.3, 0.4) is 0 Å². The van der Waals surface area contributed by atoms with Crippen molar-refractivity contribution in [3.05, 3.63) is 34.9 Å². The Morgan fingerprint density at radius 1 is 1.21 bits per heavy atom. The van der Waals surface area contributed by atoms with Gasteiger partial charge in [-0.15, -0.1) is 0 Å². The third-order valence-electron chi connectivity index (χ3n) is 2.60. The molecule has 6 heteroatoms. The van der Waals surface area contributed by atoms with Crippen molar-refractivity contribution in [2.45, 2.75) is 18.9 Å². The molecule has 0 aliphatic carbocycles. The summed E-state index contributed by atoms with van der Waals surface area (Å²) in [6, 6.07) is 6.56. The minimum Gasteiger partial charge on any atom is -0.467 e. The van der Waals surface area contributed by atoms with Crippen molar-refractivity contribution < 1.29 is 19.1 Å². The van der Waals surface area contributed by atoms with Crippen molar-refractivity contribution >= 4 is 23.7 Å². The molecule has 1 aromatic rings. The van der Waals surface area contributed by atoms with Gasteiger partial charge in [-0.25, -0.2) is 9.59 Å². The lowest BCUT2D eigenvalue weighted by atomic mass is 10.1. The van der Waals surface area contributed by atoms with E-state index in [1.807, 2.05) is 12.1 Å². The van der Waals surface area contributed by atoms with Gasteiger partial charge in [-0.2, -0.15) is 0 Å². The number of aryl methyl sites for hydroxylation is 1. The smallest absolute Gasteiger partial charge is 0.407 e. The summed E-state index contributed by atoms with van der Waals surface area (Å²) in [5.41, 5.74) is 1.02. The molecular weight excluding hydrogens is 270 g/mol. The highest BCUT2D eigenvalue weighted by molar-refractivity contribution is 6.30. The van der Waals surface area contributed by atoms with E-state index < -0.39 is 18.1 Å². The molecule has 0 radical (unpaired) electrons. The second-order valence-electron chi connectivity index (χ2n) is 3.88. The maximum atomic E-state index is 11.5. The zero-order valence-corrected chi connectivity index (χ0v) is 11.6. The first kappa shape index (κ1) is 15.3. The van der Waals surface area contributed by atoms with E-state index in [-0.39, 0.29) is 0 Å². The quantitative estimate of drug-likeness (QED) is 0.842. The van der Waals surface area contributed by atoms with Gasteiger partial charge >= 0.3 is 12.1 Å². The molecule has 0 saturated carbocycles. The fourth-order valence-corrected chi connectivity index (χ4v) is 1.68. The molecule has 1 rings (SSSR count). The first-order valence-electron chi connectivity index (χ1n) is 5.73. The van der Waals surface area contributed by atoms with Gasteiger partial charge in [-0.1, -0.05) is 23.7 Å². The van der Waals surface area contributed by atoms with Gasteiger partial charge in [0.2, 0.25) is 0 Å². The molecular formula is C13H16ClNO4. The van der Waals surface area contributed by atoms with Crippen molar-refractivity contribution in [2.75, 3.05) is 14.2 Å². The van der Waals surface area contributed by atoms with Crippen LogP contribution in [0.25, 0.3) is 0 Å². The van der Waals surface area contributed by atoms with Crippen LogP contribution in [0.2, 0.25) is 5.02 Å². The van der Waals surface area contributed by atoms with Crippen molar-refractivity contribution in [3.8, 4) is 0 Å². The normalized spacial score (nSPS) is 11.5. The van der Waals surface area contributed by atoms with Gasteiger partial charge in [0, 0.05) is 5.02 Å². The number of hydrogen-bond acceptors (Lipinski definition) is 4. The number of methoxy groups -OCH3 is 2. The molecule has 1 amide bonds. The van der Waals surface area contributed by atoms with Gasteiger partial charge in [0.1, 0.15) is 6.04 Å². The number of alkyl carbamates (subject to hydrolysis) is 1. The first-order valence-corrected chi connectivity index (χ1v) is 6.11. The Balaban J connectivity index is 2.59. The van der Waals surface area contributed by atoms with Gasteiger partial charge in [0.25, 0.3) is 0 Å². The Kier molecular flexibility index (Phi) is 6.15. The Morgan fingerprint density at radius 2 is 1.84 bits per heavy atom. The van der Waals surface area contributed by atoms with E-state index in [2.05, 4.69) is 14.8 Å². The lowest BCUT2D eigenvalue weighted by molar-refractivity contribution is -0.143. The monoisotopic (exact) mass is 285 g/mol. The lowest BCUT2D eigenvalue weighted by Gasteiger charge is -2.15. The van der Waals surface area contributed by atoms with Crippen LogP contribution in [0, 0.1) is 0 Å². The van der Waals surface area contributed by atoms with Crippen molar-refractivity contribution in [2.24, 2.45) is 0 Å². The van der Waals surface area contributed by atoms with E-state index in [0.717, 1.165) is 5.56 Å². The number of esters is 1. The summed E-state index contributed by atoms with van der Waals surface area (Å²) in [6.07, 6.45) is 0.371. The molecule has 0 bridgehead atoms. The summed E-state index contributed by atoms with van der Waals surface area (Å²) in [6.45, 7) is 0. The number of nitrogens with one attached hydrogen (secondary N) is 1. The molecule has 0 aliphatic heterocycles. The standard InChI is InChI=1S/C13H16ClNO4/c1-18-12(16)11(15-13(17)19-2)8-5-9-3-6-10(14)7-4-9/h3-4,6-7,11H,5,8H2,1-2H3,(H,15,17)/t11-/m0/s1. The molecule has 19 heavy (non-hydrogen) atoms. The number of ether oxygens (including phenoxy) is 2. The van der Waals surface area contributed by atoms with Crippen LogP contribution >= 0.6 is 11.6 Å². The van der Waals surface area contributed by atoms with Crippen LogP contribution in [0.5, 0.6) is 0 Å². The highest BCUT2D eigenvalue weighted by Crippen LogP contribution is 2.12. The Hall–Kier alpha value is -1.75. The van der Waals surface area contributed by atoms with Crippen LogP contribution in [0.15, 0.2) is 24.3 Å². The van der Waals surface area contributed by atoms with E-state index in [1.165, 1.54) is 14.2 Å². The molecule has 0 aromatic heterocycles. The maximum absolute atomic E-state index is 11.5. The van der Waals surface area contributed by atoms with E-state index in [1.54, 1.807) is 12.1 Å². The molecule has 0 aliphatic rings. The molecule has 1 aromatic carbocycles. The third-order valence-corrected chi connectivity index (χ3v) is 2.85. The molecule has 1 atom stereocenters. The van der Waals surface area contributed by atoms with Gasteiger partial charge in [-0.05, 0) is 30.5 Å². The number of halogens is 1. The summed E-state index contributed by atoms with van der Waals surface area (Å²) in [7, 11) is 2.51. The summed E-state index contributed by atoms with van der Waals surface area (Å²) in [5, 5.41) is 3.09. The van der Waals surface area contributed by atoms with Gasteiger partial charge < -0.3 is 14.8 Å². The minimum absolute atomic E-state index is 0.420. The largest absolute Gasteiger partial charge is 0.467 e. The van der Waals surface area contributed by atoms with Crippen molar-refractivity contribution in [1.82, 2.24) is 5.32 Å². The predicted molar refractivity (Wildman–Crippen MR) is 71.1 cm³/mol. The number of carbonyl (C=O) groups excluding carboxylic acids is 2. The average Bonchev–Trinajstić information content (AvgIpc) is 2.43. The molecule has 5 nitrogen and oxygen atoms in total. The minimum atomic E-state index is -0.729. The van der Waals surface area contributed by atoms with E-state index in [4.69, 9.17) is 11.6 Å². The molecule has 0 fully saturated rings. The number of hydrogen-bond donors (Lipinski definition) is 1. The SMILES string of the molecule is COC(=O)N[C@@H](CCc1ccc(Cl)cc1)C(=O)OC. The van der Waals surface area contributed by atoms with E-state index in [9.17, 15) is 9.59 Å². The summed E-state index contributed by atoms with van der Waals surface area (Å²) in [4.78, 5) is 22.7. The van der Waals surface area contributed by atoms with Gasteiger partial charge in [0.15, 0.2) is 0 Å². The molecule has 104 valence electrons. The number of rotatable bonds is 5. The summed E-state index contributed by atoms with van der Waals surface area (Å²) < 4.78 is 9.10. The van der Waals surface area contributed by atoms with Gasteiger partial charge in [-0.3, -0.25) is 0 Å².